The summed E-state index contributed by atoms with van der Waals surface area (Å²) in [6.45, 7) is 1.95. The lowest BCUT2D eigenvalue weighted by Crippen LogP contribution is -2.31. The van der Waals surface area contributed by atoms with Gasteiger partial charge < -0.3 is 4.74 Å². The molecule has 1 aliphatic heterocycles. The van der Waals surface area contributed by atoms with Crippen molar-refractivity contribution in [1.82, 2.24) is 4.90 Å². The van der Waals surface area contributed by atoms with Crippen LogP contribution in [0.25, 0.3) is 0 Å². The second kappa shape index (κ2) is 6.12. The van der Waals surface area contributed by atoms with Gasteiger partial charge in [-0.05, 0) is 6.92 Å². The average Bonchev–Trinajstić information content (AvgIpc) is 2.56. The van der Waals surface area contributed by atoms with E-state index >= 15 is 0 Å². The summed E-state index contributed by atoms with van der Waals surface area (Å²) >= 11 is 0. The van der Waals surface area contributed by atoms with Crippen molar-refractivity contribution in [2.45, 2.75) is 32.6 Å². The van der Waals surface area contributed by atoms with Gasteiger partial charge in [-0.3, -0.25) is 24.1 Å². The fraction of sp³-hybridized carbons (Fsp3) is 0.636. The molecule has 0 saturated carbocycles. The minimum Gasteiger partial charge on any atom is -0.466 e. The van der Waals surface area contributed by atoms with E-state index in [-0.39, 0.29) is 56.4 Å². The molecule has 1 heterocycles. The van der Waals surface area contributed by atoms with Gasteiger partial charge in [-0.15, -0.1) is 0 Å². The molecule has 0 N–H and O–H groups in total. The van der Waals surface area contributed by atoms with Crippen molar-refractivity contribution in [3.63, 3.8) is 0 Å². The molecule has 1 fully saturated rings. The summed E-state index contributed by atoms with van der Waals surface area (Å²) in [5.41, 5.74) is 0. The minimum absolute atomic E-state index is 0.0102. The minimum atomic E-state index is -0.573. The quantitative estimate of drug-likeness (QED) is 0.373. The Balaban J connectivity index is 2.30. The summed E-state index contributed by atoms with van der Waals surface area (Å²) in [6, 6.07) is 0. The highest BCUT2D eigenvalue weighted by Gasteiger charge is 2.28. The first-order chi connectivity index (χ1) is 8.04. The van der Waals surface area contributed by atoms with Crippen molar-refractivity contribution < 1.29 is 23.9 Å². The van der Waals surface area contributed by atoms with Gasteiger partial charge in [0.05, 0.1) is 6.61 Å². The summed E-state index contributed by atoms with van der Waals surface area (Å²) in [5, 5.41) is 0. The summed E-state index contributed by atoms with van der Waals surface area (Å²) in [4.78, 5) is 45.9. The van der Waals surface area contributed by atoms with Crippen LogP contribution in [0.4, 0.5) is 0 Å². The van der Waals surface area contributed by atoms with Gasteiger partial charge in [0.2, 0.25) is 11.8 Å². The Morgan fingerprint density at radius 1 is 1.24 bits per heavy atom. The fourth-order valence-electron chi connectivity index (χ4n) is 1.57. The lowest BCUT2D eigenvalue weighted by Gasteiger charge is -2.12. The van der Waals surface area contributed by atoms with Crippen LogP contribution < -0.4 is 0 Å². The van der Waals surface area contributed by atoms with Gasteiger partial charge in [-0.25, -0.2) is 0 Å². The molecular formula is C11H15NO5. The molecule has 94 valence electrons. The van der Waals surface area contributed by atoms with Gasteiger partial charge in [0, 0.05) is 25.8 Å². The van der Waals surface area contributed by atoms with Crippen molar-refractivity contribution in [1.29, 1.82) is 0 Å². The third-order valence-electron chi connectivity index (χ3n) is 2.42. The summed E-state index contributed by atoms with van der Waals surface area (Å²) < 4.78 is 4.62. The number of ether oxygens (including phenoxy) is 1. The number of nitrogens with zero attached hydrogens (tertiary/aromatic N) is 1. The molecule has 0 spiro atoms. The van der Waals surface area contributed by atoms with Gasteiger partial charge in [-0.2, -0.15) is 0 Å². The lowest BCUT2D eigenvalue weighted by atomic mass is 10.2. The maximum Gasteiger partial charge on any atom is 0.313 e. The molecule has 0 radical (unpaired) electrons. The zero-order valence-corrected chi connectivity index (χ0v) is 9.73. The highest BCUT2D eigenvalue weighted by Crippen LogP contribution is 2.12. The predicted octanol–water partition coefficient (Wildman–Crippen LogP) is 0.0478. The van der Waals surface area contributed by atoms with E-state index in [1.165, 1.54) is 0 Å². The predicted molar refractivity (Wildman–Crippen MR) is 56.8 cm³/mol. The van der Waals surface area contributed by atoms with Crippen LogP contribution >= 0.6 is 0 Å². The Labute approximate surface area is 98.9 Å². The Morgan fingerprint density at radius 2 is 1.82 bits per heavy atom. The maximum atomic E-state index is 11.3. The zero-order valence-electron chi connectivity index (χ0n) is 9.73. The second-order valence-corrected chi connectivity index (χ2v) is 3.71. The highest BCUT2D eigenvalue weighted by molar-refractivity contribution is 6.02. The van der Waals surface area contributed by atoms with Gasteiger partial charge in [0.15, 0.2) is 0 Å². The Kier molecular flexibility index (Phi) is 4.81. The van der Waals surface area contributed by atoms with Crippen LogP contribution in [0.3, 0.4) is 0 Å². The highest BCUT2D eigenvalue weighted by atomic mass is 16.5. The van der Waals surface area contributed by atoms with Crippen LogP contribution in [-0.4, -0.2) is 41.6 Å². The number of hydrogen-bond donors (Lipinski definition) is 0. The number of esters is 1. The SMILES string of the molecule is CCOC(=O)CC(=O)CCN1C(=O)CCC1=O. The molecule has 1 aliphatic rings. The number of likely N-dealkylation sites (tertiary alicyclic amines) is 1. The zero-order chi connectivity index (χ0) is 12.8. The molecular weight excluding hydrogens is 226 g/mol. The van der Waals surface area contributed by atoms with Crippen LogP contribution in [0, 0.1) is 0 Å². The second-order valence-electron chi connectivity index (χ2n) is 3.71. The molecule has 0 aromatic carbocycles. The first-order valence-corrected chi connectivity index (χ1v) is 5.55. The third-order valence-corrected chi connectivity index (χ3v) is 2.42. The van der Waals surface area contributed by atoms with Gasteiger partial charge in [0.1, 0.15) is 12.2 Å². The van der Waals surface area contributed by atoms with E-state index in [0.717, 1.165) is 4.90 Å². The molecule has 0 aliphatic carbocycles. The molecule has 0 aromatic heterocycles. The van der Waals surface area contributed by atoms with E-state index in [1.54, 1.807) is 6.92 Å². The van der Waals surface area contributed by atoms with Crippen molar-refractivity contribution in [3.8, 4) is 0 Å². The maximum absolute atomic E-state index is 11.3. The van der Waals surface area contributed by atoms with Crippen molar-refractivity contribution in [3.05, 3.63) is 0 Å². The number of carbonyl (C=O) groups is 4. The molecule has 6 heteroatoms. The largest absolute Gasteiger partial charge is 0.466 e. The number of Topliss-reactive ketones (excluding diaryl/α,β-unsaturated/α-hetero) is 1. The number of hydrogen-bond acceptors (Lipinski definition) is 5. The molecule has 0 atom stereocenters. The molecule has 17 heavy (non-hydrogen) atoms. The molecule has 0 unspecified atom stereocenters. The van der Waals surface area contributed by atoms with Gasteiger partial charge >= 0.3 is 5.97 Å². The first-order valence-electron chi connectivity index (χ1n) is 5.55. The molecule has 0 aromatic rings. The Hall–Kier alpha value is -1.72. The van der Waals surface area contributed by atoms with Crippen LogP contribution in [-0.2, 0) is 23.9 Å². The van der Waals surface area contributed by atoms with E-state index in [2.05, 4.69) is 4.74 Å². The number of rotatable bonds is 6. The summed E-state index contributed by atoms with van der Waals surface area (Å²) in [6.07, 6.45) is 0.135. The third kappa shape index (κ3) is 3.97. The molecule has 6 nitrogen and oxygen atoms in total. The fourth-order valence-corrected chi connectivity index (χ4v) is 1.57. The van der Waals surface area contributed by atoms with E-state index in [1.807, 2.05) is 0 Å². The first kappa shape index (κ1) is 13.3. The standard InChI is InChI=1S/C11H15NO5/c1-2-17-11(16)7-8(13)5-6-12-9(14)3-4-10(12)15/h2-7H2,1H3. The lowest BCUT2D eigenvalue weighted by molar-refractivity contribution is -0.145. The topological polar surface area (TPSA) is 80.8 Å². The smallest absolute Gasteiger partial charge is 0.313 e. The van der Waals surface area contributed by atoms with Crippen LogP contribution in [0.1, 0.15) is 32.6 Å². The van der Waals surface area contributed by atoms with Crippen molar-refractivity contribution in [2.24, 2.45) is 0 Å². The van der Waals surface area contributed by atoms with Crippen molar-refractivity contribution in [2.75, 3.05) is 13.2 Å². The number of carbonyl (C=O) groups excluding carboxylic acids is 4. The monoisotopic (exact) mass is 241 g/mol. The van der Waals surface area contributed by atoms with Gasteiger partial charge in [-0.1, -0.05) is 0 Å². The average molecular weight is 241 g/mol. The van der Waals surface area contributed by atoms with E-state index in [4.69, 9.17) is 0 Å². The Morgan fingerprint density at radius 3 is 2.35 bits per heavy atom. The van der Waals surface area contributed by atoms with Crippen LogP contribution in [0.15, 0.2) is 0 Å². The number of amides is 2. The summed E-state index contributed by atoms with van der Waals surface area (Å²) in [5.74, 6) is -1.40. The molecule has 2 amide bonds. The number of imide groups is 1. The molecule has 0 bridgehead atoms. The van der Waals surface area contributed by atoms with Gasteiger partial charge in [0.25, 0.3) is 0 Å². The van der Waals surface area contributed by atoms with E-state index < -0.39 is 5.97 Å². The molecule has 1 rings (SSSR count). The van der Waals surface area contributed by atoms with E-state index in [0.29, 0.717) is 0 Å². The number of ketones is 1. The Bertz CT molecular complexity index is 334. The van der Waals surface area contributed by atoms with Crippen LogP contribution in [0.2, 0.25) is 0 Å². The van der Waals surface area contributed by atoms with Crippen molar-refractivity contribution >= 4 is 23.6 Å². The van der Waals surface area contributed by atoms with Crippen LogP contribution in [0.5, 0.6) is 0 Å². The normalized spacial score (nSPS) is 15.2. The van der Waals surface area contributed by atoms with E-state index in [9.17, 15) is 19.2 Å². The summed E-state index contributed by atoms with van der Waals surface area (Å²) in [7, 11) is 0. The molecule has 1 saturated heterocycles.